The first-order chi connectivity index (χ1) is 11.6. The van der Waals surface area contributed by atoms with Crippen molar-refractivity contribution in [3.63, 3.8) is 0 Å². The average molecular weight is 322 g/mol. The highest BCUT2D eigenvalue weighted by atomic mass is 16.5. The molecule has 24 heavy (non-hydrogen) atoms. The van der Waals surface area contributed by atoms with Gasteiger partial charge in [-0.3, -0.25) is 4.79 Å². The van der Waals surface area contributed by atoms with Crippen LogP contribution in [0.15, 0.2) is 53.3 Å². The molecule has 2 aromatic carbocycles. The zero-order chi connectivity index (χ0) is 17.1. The molecule has 1 heterocycles. The predicted molar refractivity (Wildman–Crippen MR) is 92.5 cm³/mol. The molecule has 0 amide bonds. The Kier molecular flexibility index (Phi) is 4.42. The van der Waals surface area contributed by atoms with Crippen molar-refractivity contribution in [1.29, 1.82) is 0 Å². The van der Waals surface area contributed by atoms with Crippen LogP contribution in [0.4, 0.5) is 0 Å². The van der Waals surface area contributed by atoms with Gasteiger partial charge in [-0.05, 0) is 37.1 Å². The van der Waals surface area contributed by atoms with Gasteiger partial charge in [0.15, 0.2) is 5.69 Å². The van der Waals surface area contributed by atoms with E-state index in [0.29, 0.717) is 23.1 Å². The highest BCUT2D eigenvalue weighted by Crippen LogP contribution is 2.18. The number of nitrogens with zero attached hydrogens (tertiary/aromatic N) is 2. The van der Waals surface area contributed by atoms with Gasteiger partial charge >= 0.3 is 5.97 Å². The molecule has 0 aliphatic heterocycles. The number of esters is 1. The second-order valence-corrected chi connectivity index (χ2v) is 5.40. The van der Waals surface area contributed by atoms with E-state index in [9.17, 15) is 9.59 Å². The molecule has 3 aromatic rings. The summed E-state index contributed by atoms with van der Waals surface area (Å²) in [5, 5.41) is 5.14. The molecule has 5 nitrogen and oxygen atoms in total. The lowest BCUT2D eigenvalue weighted by atomic mass is 10.1. The molecule has 1 aromatic heterocycles. The van der Waals surface area contributed by atoms with E-state index in [4.69, 9.17) is 4.74 Å². The summed E-state index contributed by atoms with van der Waals surface area (Å²) in [7, 11) is 0. The molecule has 5 heteroatoms. The standard InChI is InChI=1S/C19H18N2O3/c1-3-13-9-11-14(12-10-13)24-19(23)17-15-7-5-6-8-16(15)18(22)21(4-2)20-17/h5-12H,3-4H2,1-2H3. The largest absolute Gasteiger partial charge is 0.422 e. The summed E-state index contributed by atoms with van der Waals surface area (Å²) in [6.07, 6.45) is 0.919. The van der Waals surface area contributed by atoms with Crippen LogP contribution in [0, 0.1) is 0 Å². The van der Waals surface area contributed by atoms with Crippen LogP contribution in [0.5, 0.6) is 5.75 Å². The minimum absolute atomic E-state index is 0.145. The fourth-order valence-electron chi connectivity index (χ4n) is 2.55. The maximum absolute atomic E-state index is 12.6. The quantitative estimate of drug-likeness (QED) is 0.547. The van der Waals surface area contributed by atoms with Crippen LogP contribution < -0.4 is 10.3 Å². The Balaban J connectivity index is 2.02. The van der Waals surface area contributed by atoms with Crippen LogP contribution in [0.2, 0.25) is 0 Å². The summed E-state index contributed by atoms with van der Waals surface area (Å²) >= 11 is 0. The number of carbonyl (C=O) groups excluding carboxylic acids is 1. The minimum atomic E-state index is -0.572. The third kappa shape index (κ3) is 2.93. The number of fused-ring (bicyclic) bond motifs is 1. The van der Waals surface area contributed by atoms with Crippen LogP contribution in [0.3, 0.4) is 0 Å². The van der Waals surface area contributed by atoms with Crippen molar-refractivity contribution >= 4 is 16.7 Å². The van der Waals surface area contributed by atoms with Crippen molar-refractivity contribution in [2.45, 2.75) is 26.8 Å². The second kappa shape index (κ2) is 6.66. The molecule has 3 rings (SSSR count). The molecule has 0 radical (unpaired) electrons. The number of rotatable bonds is 4. The van der Waals surface area contributed by atoms with E-state index < -0.39 is 5.97 Å². The zero-order valence-electron chi connectivity index (χ0n) is 13.7. The average Bonchev–Trinajstić information content (AvgIpc) is 2.63. The SMILES string of the molecule is CCc1ccc(OC(=O)c2nn(CC)c(=O)c3ccccc23)cc1. The minimum Gasteiger partial charge on any atom is -0.422 e. The first-order valence-corrected chi connectivity index (χ1v) is 7.95. The van der Waals surface area contributed by atoms with Crippen LogP contribution in [0.1, 0.15) is 29.9 Å². The lowest BCUT2D eigenvalue weighted by Gasteiger charge is -2.09. The summed E-state index contributed by atoms with van der Waals surface area (Å²) in [6.45, 7) is 4.25. The molecule has 0 spiro atoms. The van der Waals surface area contributed by atoms with Gasteiger partial charge in [-0.2, -0.15) is 5.10 Å². The molecule has 0 bridgehead atoms. The highest BCUT2D eigenvalue weighted by molar-refractivity contribution is 6.02. The molecule has 0 N–H and O–H groups in total. The number of aryl methyl sites for hydroxylation is 2. The lowest BCUT2D eigenvalue weighted by Crippen LogP contribution is -2.26. The van der Waals surface area contributed by atoms with Gasteiger partial charge < -0.3 is 4.74 Å². The summed E-state index contributed by atoms with van der Waals surface area (Å²) in [5.74, 6) is -0.116. The third-order valence-electron chi connectivity index (χ3n) is 3.90. The second-order valence-electron chi connectivity index (χ2n) is 5.40. The maximum atomic E-state index is 12.6. The maximum Gasteiger partial charge on any atom is 0.364 e. The molecule has 0 aliphatic carbocycles. The Labute approximate surface area is 139 Å². The van der Waals surface area contributed by atoms with Crippen molar-refractivity contribution in [3.05, 3.63) is 70.1 Å². The number of hydrogen-bond donors (Lipinski definition) is 0. The Hall–Kier alpha value is -2.95. The van der Waals surface area contributed by atoms with Gasteiger partial charge in [0.1, 0.15) is 5.75 Å². The van der Waals surface area contributed by atoms with Crippen LogP contribution in [-0.2, 0) is 13.0 Å². The smallest absolute Gasteiger partial charge is 0.364 e. The summed E-state index contributed by atoms with van der Waals surface area (Å²) in [6, 6.07) is 14.3. The zero-order valence-corrected chi connectivity index (χ0v) is 13.7. The van der Waals surface area contributed by atoms with Crippen molar-refractivity contribution in [2.75, 3.05) is 0 Å². The van der Waals surface area contributed by atoms with Crippen molar-refractivity contribution < 1.29 is 9.53 Å². The molecular weight excluding hydrogens is 304 g/mol. The molecule has 0 saturated carbocycles. The fraction of sp³-hybridized carbons (Fsp3) is 0.211. The van der Waals surface area contributed by atoms with Gasteiger partial charge in [0.05, 0.1) is 5.39 Å². The van der Waals surface area contributed by atoms with Gasteiger partial charge in [0, 0.05) is 11.9 Å². The molecule has 0 fully saturated rings. The summed E-state index contributed by atoms with van der Waals surface area (Å²) in [4.78, 5) is 24.9. The van der Waals surface area contributed by atoms with E-state index in [-0.39, 0.29) is 11.3 Å². The molecular formula is C19H18N2O3. The monoisotopic (exact) mass is 322 g/mol. The van der Waals surface area contributed by atoms with E-state index in [1.807, 2.05) is 19.1 Å². The summed E-state index contributed by atoms with van der Waals surface area (Å²) < 4.78 is 6.71. The van der Waals surface area contributed by atoms with E-state index in [0.717, 1.165) is 12.0 Å². The van der Waals surface area contributed by atoms with Gasteiger partial charge in [-0.1, -0.05) is 37.3 Å². The number of ether oxygens (including phenoxy) is 1. The number of hydrogen-bond acceptors (Lipinski definition) is 4. The van der Waals surface area contributed by atoms with Crippen molar-refractivity contribution in [3.8, 4) is 5.75 Å². The van der Waals surface area contributed by atoms with Crippen molar-refractivity contribution in [2.24, 2.45) is 0 Å². The number of carbonyl (C=O) groups is 1. The Morgan fingerprint density at radius 2 is 1.71 bits per heavy atom. The van der Waals surface area contributed by atoms with E-state index in [2.05, 4.69) is 12.0 Å². The van der Waals surface area contributed by atoms with Gasteiger partial charge in [-0.25, -0.2) is 9.48 Å². The van der Waals surface area contributed by atoms with E-state index in [1.54, 1.807) is 36.4 Å². The van der Waals surface area contributed by atoms with Gasteiger partial charge in [0.2, 0.25) is 0 Å². The van der Waals surface area contributed by atoms with Crippen LogP contribution in [0.25, 0.3) is 10.8 Å². The lowest BCUT2D eigenvalue weighted by molar-refractivity contribution is 0.0728. The van der Waals surface area contributed by atoms with Crippen molar-refractivity contribution in [1.82, 2.24) is 9.78 Å². The predicted octanol–water partition coefficient (Wildman–Crippen LogP) is 3.20. The third-order valence-corrected chi connectivity index (χ3v) is 3.90. The Bertz CT molecular complexity index is 943. The Morgan fingerprint density at radius 3 is 2.33 bits per heavy atom. The molecule has 122 valence electrons. The van der Waals surface area contributed by atoms with E-state index in [1.165, 1.54) is 4.68 Å². The fourth-order valence-corrected chi connectivity index (χ4v) is 2.55. The van der Waals surface area contributed by atoms with Gasteiger partial charge in [0.25, 0.3) is 5.56 Å². The molecule has 0 saturated heterocycles. The van der Waals surface area contributed by atoms with Crippen LogP contribution >= 0.6 is 0 Å². The first kappa shape index (κ1) is 15.9. The normalized spacial score (nSPS) is 10.8. The number of benzene rings is 2. The van der Waals surface area contributed by atoms with E-state index >= 15 is 0 Å². The first-order valence-electron chi connectivity index (χ1n) is 7.95. The molecule has 0 unspecified atom stereocenters. The highest BCUT2D eigenvalue weighted by Gasteiger charge is 2.18. The molecule has 0 atom stereocenters. The Morgan fingerprint density at radius 1 is 1.04 bits per heavy atom. The molecule has 0 aliphatic rings. The van der Waals surface area contributed by atoms with Crippen LogP contribution in [-0.4, -0.2) is 15.7 Å². The topological polar surface area (TPSA) is 61.2 Å². The van der Waals surface area contributed by atoms with Gasteiger partial charge in [-0.15, -0.1) is 0 Å². The summed E-state index contributed by atoms with van der Waals surface area (Å²) in [5.41, 5.74) is 1.10. The number of aromatic nitrogens is 2.